The Morgan fingerprint density at radius 1 is 1.03 bits per heavy atom. The van der Waals surface area contributed by atoms with Gasteiger partial charge in [0.05, 0.1) is 12.6 Å². The molecule has 0 radical (unpaired) electrons. The topological polar surface area (TPSA) is 132 Å². The zero-order valence-electron chi connectivity index (χ0n) is 21.2. The molecule has 37 heavy (non-hydrogen) atoms. The number of benzene rings is 2. The van der Waals surface area contributed by atoms with Crippen molar-refractivity contribution in [2.75, 3.05) is 11.9 Å². The Balaban J connectivity index is 1.55. The molecule has 3 amide bonds. The van der Waals surface area contributed by atoms with Gasteiger partial charge in [-0.3, -0.25) is 19.7 Å². The molecule has 1 heterocycles. The predicted molar refractivity (Wildman–Crippen MR) is 135 cm³/mol. The summed E-state index contributed by atoms with van der Waals surface area (Å²) < 4.78 is 15.7. The first-order chi connectivity index (χ1) is 17.7. The smallest absolute Gasteiger partial charge is 0.411 e. The third kappa shape index (κ3) is 8.91. The Labute approximate surface area is 216 Å². The maximum atomic E-state index is 13.0. The van der Waals surface area contributed by atoms with Gasteiger partial charge in [-0.1, -0.05) is 44.2 Å². The van der Waals surface area contributed by atoms with E-state index in [1.165, 1.54) is 6.92 Å². The molecule has 10 nitrogen and oxygen atoms in total. The molecule has 0 spiro atoms. The van der Waals surface area contributed by atoms with Crippen molar-refractivity contribution in [2.45, 2.75) is 58.6 Å². The molecular weight excluding hydrogens is 478 g/mol. The number of nitrogens with one attached hydrogen (secondary N) is 3. The van der Waals surface area contributed by atoms with Crippen LogP contribution in [-0.4, -0.2) is 48.9 Å². The summed E-state index contributed by atoms with van der Waals surface area (Å²) in [6.45, 7) is 5.66. The fourth-order valence-corrected chi connectivity index (χ4v) is 3.79. The number of carbonyl (C=O) groups excluding carboxylic acids is 4. The van der Waals surface area contributed by atoms with E-state index in [4.69, 9.17) is 14.2 Å². The number of ether oxygens (including phenoxy) is 3. The summed E-state index contributed by atoms with van der Waals surface area (Å²) in [6, 6.07) is 14.3. The molecule has 3 rings (SSSR count). The highest BCUT2D eigenvalue weighted by atomic mass is 16.7. The second kappa shape index (κ2) is 13.4. The Morgan fingerprint density at radius 2 is 1.73 bits per heavy atom. The molecule has 1 aliphatic heterocycles. The van der Waals surface area contributed by atoms with E-state index < -0.39 is 36.3 Å². The van der Waals surface area contributed by atoms with Crippen LogP contribution in [0.15, 0.2) is 54.6 Å². The maximum absolute atomic E-state index is 13.0. The normalized spacial score (nSPS) is 17.5. The first-order valence-corrected chi connectivity index (χ1v) is 12.2. The summed E-state index contributed by atoms with van der Waals surface area (Å²) in [4.78, 5) is 49.2. The minimum absolute atomic E-state index is 0.133. The number of hydrogen-bond donors (Lipinski definition) is 3. The van der Waals surface area contributed by atoms with Gasteiger partial charge in [0.1, 0.15) is 12.6 Å². The second-order valence-corrected chi connectivity index (χ2v) is 9.17. The first-order valence-electron chi connectivity index (χ1n) is 12.2. The fourth-order valence-electron chi connectivity index (χ4n) is 3.79. The van der Waals surface area contributed by atoms with Gasteiger partial charge in [0.15, 0.2) is 0 Å². The third-order valence-corrected chi connectivity index (χ3v) is 5.58. The Kier molecular flexibility index (Phi) is 10.0. The molecule has 10 heteroatoms. The summed E-state index contributed by atoms with van der Waals surface area (Å²) in [5.41, 5.74) is 1.66. The van der Waals surface area contributed by atoms with E-state index in [1.54, 1.807) is 24.3 Å². The zero-order valence-corrected chi connectivity index (χ0v) is 21.2. The van der Waals surface area contributed by atoms with Crippen molar-refractivity contribution < 1.29 is 33.4 Å². The molecule has 1 aliphatic rings. The fraction of sp³-hybridized carbons (Fsp3) is 0.407. The van der Waals surface area contributed by atoms with Gasteiger partial charge in [-0.05, 0) is 48.6 Å². The van der Waals surface area contributed by atoms with Crippen molar-refractivity contribution >= 4 is 29.6 Å². The van der Waals surface area contributed by atoms with Crippen molar-refractivity contribution in [3.63, 3.8) is 0 Å². The lowest BCUT2D eigenvalue weighted by Gasteiger charge is -2.24. The lowest BCUT2D eigenvalue weighted by atomic mass is 10.0. The van der Waals surface area contributed by atoms with E-state index in [9.17, 15) is 19.2 Å². The summed E-state index contributed by atoms with van der Waals surface area (Å²) in [5.74, 6) is -1.18. The second-order valence-electron chi connectivity index (χ2n) is 9.17. The number of anilines is 1. The van der Waals surface area contributed by atoms with E-state index in [2.05, 4.69) is 16.0 Å². The summed E-state index contributed by atoms with van der Waals surface area (Å²) in [5, 5.41) is 8.23. The molecule has 1 fully saturated rings. The van der Waals surface area contributed by atoms with Gasteiger partial charge < -0.3 is 24.8 Å². The van der Waals surface area contributed by atoms with Crippen molar-refractivity contribution in [3.05, 3.63) is 65.7 Å². The van der Waals surface area contributed by atoms with Crippen LogP contribution in [0.3, 0.4) is 0 Å². The Morgan fingerprint density at radius 3 is 2.38 bits per heavy atom. The number of hydrogen-bond acceptors (Lipinski definition) is 7. The Hall–Kier alpha value is -3.92. The molecule has 2 aromatic carbocycles. The maximum Gasteiger partial charge on any atom is 0.411 e. The van der Waals surface area contributed by atoms with E-state index in [0.717, 1.165) is 5.56 Å². The van der Waals surface area contributed by atoms with Crippen LogP contribution in [0.5, 0.6) is 0 Å². The number of esters is 1. The predicted octanol–water partition coefficient (Wildman–Crippen LogP) is 3.37. The SMILES string of the molecule is CC(=O)OC1OCCC1NC(=O)C(CC(C)C)NC(=O)c1ccc(NC(=O)OCc2ccccc2)cc1. The summed E-state index contributed by atoms with van der Waals surface area (Å²) in [6.07, 6.45) is -0.557. The largest absolute Gasteiger partial charge is 0.444 e. The van der Waals surface area contributed by atoms with Crippen LogP contribution in [-0.2, 0) is 30.4 Å². The molecule has 0 aliphatic carbocycles. The van der Waals surface area contributed by atoms with Crippen molar-refractivity contribution in [1.82, 2.24) is 10.6 Å². The third-order valence-electron chi connectivity index (χ3n) is 5.58. The number of carbonyl (C=O) groups is 4. The quantitative estimate of drug-likeness (QED) is 0.417. The molecule has 0 aromatic heterocycles. The van der Waals surface area contributed by atoms with Crippen LogP contribution in [0.1, 0.15) is 49.5 Å². The van der Waals surface area contributed by atoms with Crippen LogP contribution in [0.4, 0.5) is 10.5 Å². The molecule has 3 atom stereocenters. The van der Waals surface area contributed by atoms with Crippen molar-refractivity contribution in [2.24, 2.45) is 5.92 Å². The van der Waals surface area contributed by atoms with Gasteiger partial charge in [0.2, 0.25) is 12.2 Å². The lowest BCUT2D eigenvalue weighted by molar-refractivity contribution is -0.170. The molecule has 198 valence electrons. The average molecular weight is 512 g/mol. The highest BCUT2D eigenvalue weighted by Gasteiger charge is 2.34. The van der Waals surface area contributed by atoms with Gasteiger partial charge in [0.25, 0.3) is 5.91 Å². The number of amides is 3. The minimum atomic E-state index is -0.851. The van der Waals surface area contributed by atoms with Gasteiger partial charge >= 0.3 is 12.1 Å². The van der Waals surface area contributed by atoms with E-state index in [0.29, 0.717) is 30.7 Å². The van der Waals surface area contributed by atoms with Crippen LogP contribution in [0.25, 0.3) is 0 Å². The minimum Gasteiger partial charge on any atom is -0.444 e. The highest BCUT2D eigenvalue weighted by Crippen LogP contribution is 2.17. The van der Waals surface area contributed by atoms with E-state index in [-0.39, 0.29) is 18.4 Å². The number of rotatable bonds is 10. The summed E-state index contributed by atoms with van der Waals surface area (Å²) >= 11 is 0. The van der Waals surface area contributed by atoms with Crippen LogP contribution in [0, 0.1) is 5.92 Å². The molecule has 0 bridgehead atoms. The lowest BCUT2D eigenvalue weighted by Crippen LogP contribution is -2.52. The van der Waals surface area contributed by atoms with Gasteiger partial charge in [-0.2, -0.15) is 0 Å². The monoisotopic (exact) mass is 511 g/mol. The highest BCUT2D eigenvalue weighted by molar-refractivity contribution is 5.98. The molecule has 1 saturated heterocycles. The molecule has 3 N–H and O–H groups in total. The van der Waals surface area contributed by atoms with Gasteiger partial charge in [-0.25, -0.2) is 4.79 Å². The van der Waals surface area contributed by atoms with Gasteiger partial charge in [-0.15, -0.1) is 0 Å². The zero-order chi connectivity index (χ0) is 26.8. The molecule has 2 aromatic rings. The van der Waals surface area contributed by atoms with Crippen molar-refractivity contribution in [3.8, 4) is 0 Å². The average Bonchev–Trinajstić information content (AvgIpc) is 3.28. The van der Waals surface area contributed by atoms with Crippen molar-refractivity contribution in [1.29, 1.82) is 0 Å². The van der Waals surface area contributed by atoms with Gasteiger partial charge in [0, 0.05) is 18.2 Å². The first kappa shape index (κ1) is 27.7. The van der Waals surface area contributed by atoms with E-state index in [1.807, 2.05) is 44.2 Å². The molecule has 3 unspecified atom stereocenters. The standard InChI is InChI=1S/C27H33N3O7/c1-17(2)15-23(25(33)29-22-13-14-35-26(22)37-18(3)31)30-24(32)20-9-11-21(12-10-20)28-27(34)36-16-19-7-5-4-6-8-19/h4-12,17,22-23,26H,13-16H2,1-3H3,(H,28,34)(H,29,33)(H,30,32). The van der Waals surface area contributed by atoms with Crippen LogP contribution in [0.2, 0.25) is 0 Å². The molecular formula is C27H33N3O7. The molecule has 0 saturated carbocycles. The van der Waals surface area contributed by atoms with Crippen LogP contribution < -0.4 is 16.0 Å². The van der Waals surface area contributed by atoms with E-state index >= 15 is 0 Å². The summed E-state index contributed by atoms with van der Waals surface area (Å²) in [7, 11) is 0. The van der Waals surface area contributed by atoms with Crippen LogP contribution >= 0.6 is 0 Å². The Bertz CT molecular complexity index is 1070.